The first kappa shape index (κ1) is 14.9. The van der Waals surface area contributed by atoms with Gasteiger partial charge in [0, 0.05) is 12.0 Å². The van der Waals surface area contributed by atoms with Crippen molar-refractivity contribution in [2.75, 3.05) is 13.2 Å². The molecule has 1 aliphatic rings. The van der Waals surface area contributed by atoms with Gasteiger partial charge in [0.2, 0.25) is 5.91 Å². The van der Waals surface area contributed by atoms with Gasteiger partial charge in [0.1, 0.15) is 12.4 Å². The highest BCUT2D eigenvalue weighted by atomic mass is 16.5. The lowest BCUT2D eigenvalue weighted by molar-refractivity contribution is -0.122. The molecule has 1 heterocycles. The number of rotatable bonds is 7. The van der Waals surface area contributed by atoms with Gasteiger partial charge in [-0.25, -0.2) is 0 Å². The molecule has 4 heteroatoms. The molecule has 110 valence electrons. The van der Waals surface area contributed by atoms with Crippen LogP contribution in [0.2, 0.25) is 0 Å². The molecule has 0 fully saturated rings. The average Bonchev–Trinajstić information content (AvgIpc) is 2.87. The highest BCUT2D eigenvalue weighted by Gasteiger charge is 2.24. The number of hydrogen-bond donors (Lipinski definition) is 2. The van der Waals surface area contributed by atoms with Crippen molar-refractivity contribution in [3.8, 4) is 5.75 Å². The molecule has 0 saturated carbocycles. The number of ether oxygens (including phenoxy) is 1. The highest BCUT2D eigenvalue weighted by molar-refractivity contribution is 5.76. The summed E-state index contributed by atoms with van der Waals surface area (Å²) in [4.78, 5) is 12.0. The largest absolute Gasteiger partial charge is 0.491 e. The van der Waals surface area contributed by atoms with E-state index in [1.165, 1.54) is 0 Å². The van der Waals surface area contributed by atoms with Gasteiger partial charge in [0.15, 0.2) is 0 Å². The quantitative estimate of drug-likeness (QED) is 0.803. The fourth-order valence-electron chi connectivity index (χ4n) is 2.67. The van der Waals surface area contributed by atoms with Gasteiger partial charge in [-0.2, -0.15) is 0 Å². The number of benzene rings is 1. The van der Waals surface area contributed by atoms with Gasteiger partial charge >= 0.3 is 0 Å². The van der Waals surface area contributed by atoms with Crippen LogP contribution in [0.25, 0.3) is 0 Å². The number of carbonyl (C=O) groups excluding carboxylic acids is 1. The predicted octanol–water partition coefficient (Wildman–Crippen LogP) is 2.39. The lowest BCUT2D eigenvalue weighted by atomic mass is 9.96. The molecule has 1 aliphatic heterocycles. The van der Waals surface area contributed by atoms with Gasteiger partial charge in [-0.3, -0.25) is 4.79 Å². The molecule has 1 aromatic carbocycles. The molecular weight excluding hydrogens is 252 g/mol. The summed E-state index contributed by atoms with van der Waals surface area (Å²) in [5.41, 5.74) is 6.66. The van der Waals surface area contributed by atoms with E-state index < -0.39 is 0 Å². The van der Waals surface area contributed by atoms with E-state index in [2.05, 4.69) is 12.2 Å². The number of carbonyl (C=O) groups is 1. The summed E-state index contributed by atoms with van der Waals surface area (Å²) in [5.74, 6) is 1.54. The van der Waals surface area contributed by atoms with Crippen LogP contribution in [0.5, 0.6) is 5.75 Å². The Hall–Kier alpha value is -1.55. The van der Waals surface area contributed by atoms with Crippen LogP contribution in [-0.4, -0.2) is 19.1 Å². The van der Waals surface area contributed by atoms with Crippen molar-refractivity contribution in [3.63, 3.8) is 0 Å². The van der Waals surface area contributed by atoms with Gasteiger partial charge in [0.05, 0.1) is 6.04 Å². The molecule has 1 amide bonds. The van der Waals surface area contributed by atoms with Crippen LogP contribution < -0.4 is 15.8 Å². The lowest BCUT2D eigenvalue weighted by Gasteiger charge is -2.15. The van der Waals surface area contributed by atoms with E-state index in [1.54, 1.807) is 0 Å². The molecule has 1 aromatic rings. The second-order valence-electron chi connectivity index (χ2n) is 5.36. The maximum Gasteiger partial charge on any atom is 0.220 e. The van der Waals surface area contributed by atoms with E-state index in [1.807, 2.05) is 24.3 Å². The first-order valence-corrected chi connectivity index (χ1v) is 7.45. The fraction of sp³-hybridized carbons (Fsp3) is 0.562. The zero-order valence-electron chi connectivity index (χ0n) is 12.1. The first-order valence-electron chi connectivity index (χ1n) is 7.45. The van der Waals surface area contributed by atoms with E-state index in [9.17, 15) is 4.79 Å². The first-order chi connectivity index (χ1) is 9.74. The van der Waals surface area contributed by atoms with Crippen molar-refractivity contribution >= 4 is 5.91 Å². The van der Waals surface area contributed by atoms with Crippen LogP contribution in [0, 0.1) is 5.92 Å². The molecule has 0 aliphatic carbocycles. The summed E-state index contributed by atoms with van der Waals surface area (Å²) >= 11 is 0. The Balaban J connectivity index is 1.81. The molecule has 0 radical (unpaired) electrons. The number of para-hydroxylation sites is 1. The average molecular weight is 276 g/mol. The summed E-state index contributed by atoms with van der Waals surface area (Å²) in [5, 5.41) is 3.06. The summed E-state index contributed by atoms with van der Waals surface area (Å²) in [7, 11) is 0. The van der Waals surface area contributed by atoms with Crippen molar-refractivity contribution in [3.05, 3.63) is 29.8 Å². The van der Waals surface area contributed by atoms with Crippen molar-refractivity contribution < 1.29 is 9.53 Å². The molecule has 0 saturated heterocycles. The van der Waals surface area contributed by atoms with Gasteiger partial charge < -0.3 is 15.8 Å². The normalized spacial score (nSPS) is 18.2. The van der Waals surface area contributed by atoms with Crippen LogP contribution in [-0.2, 0) is 4.79 Å². The smallest absolute Gasteiger partial charge is 0.220 e. The minimum Gasteiger partial charge on any atom is -0.491 e. The lowest BCUT2D eigenvalue weighted by Crippen LogP contribution is -2.29. The van der Waals surface area contributed by atoms with Gasteiger partial charge in [-0.15, -0.1) is 0 Å². The Morgan fingerprint density at radius 1 is 1.45 bits per heavy atom. The van der Waals surface area contributed by atoms with Crippen molar-refractivity contribution in [2.45, 2.75) is 38.6 Å². The molecule has 2 atom stereocenters. The standard InChI is InChI=1S/C16H24N2O2/c1-2-12(9-10-17)7-8-16(19)18-14-11-20-15-6-4-3-5-13(14)15/h3-6,12,14H,2,7-11,17H2,1H3,(H,18,19). The monoisotopic (exact) mass is 276 g/mol. The molecule has 0 spiro atoms. The Bertz CT molecular complexity index is 448. The minimum atomic E-state index is -0.00622. The van der Waals surface area contributed by atoms with E-state index in [4.69, 9.17) is 10.5 Å². The zero-order valence-corrected chi connectivity index (χ0v) is 12.1. The molecule has 2 rings (SSSR count). The number of nitrogens with two attached hydrogens (primary N) is 1. The van der Waals surface area contributed by atoms with Gasteiger partial charge in [-0.05, 0) is 31.4 Å². The van der Waals surface area contributed by atoms with Crippen LogP contribution >= 0.6 is 0 Å². The molecule has 4 nitrogen and oxygen atoms in total. The Morgan fingerprint density at radius 3 is 3.00 bits per heavy atom. The number of hydrogen-bond acceptors (Lipinski definition) is 3. The second-order valence-corrected chi connectivity index (χ2v) is 5.36. The maximum atomic E-state index is 12.0. The summed E-state index contributed by atoms with van der Waals surface area (Å²) in [6.45, 7) is 3.38. The molecular formula is C16H24N2O2. The van der Waals surface area contributed by atoms with Crippen LogP contribution in [0.3, 0.4) is 0 Å². The van der Waals surface area contributed by atoms with Crippen LogP contribution in [0.15, 0.2) is 24.3 Å². The summed E-state index contributed by atoms with van der Waals surface area (Å²) in [6.07, 6.45) is 3.56. The van der Waals surface area contributed by atoms with E-state index >= 15 is 0 Å². The third-order valence-corrected chi connectivity index (χ3v) is 3.97. The topological polar surface area (TPSA) is 64.4 Å². The van der Waals surface area contributed by atoms with Gasteiger partial charge in [-0.1, -0.05) is 31.5 Å². The van der Waals surface area contributed by atoms with Crippen molar-refractivity contribution in [1.29, 1.82) is 0 Å². The van der Waals surface area contributed by atoms with E-state index in [-0.39, 0.29) is 11.9 Å². The zero-order chi connectivity index (χ0) is 14.4. The summed E-state index contributed by atoms with van der Waals surface area (Å²) in [6, 6.07) is 7.86. The van der Waals surface area contributed by atoms with E-state index in [0.29, 0.717) is 25.5 Å². The molecule has 2 unspecified atom stereocenters. The van der Waals surface area contributed by atoms with Crippen LogP contribution in [0.1, 0.15) is 44.2 Å². The maximum absolute atomic E-state index is 12.0. The van der Waals surface area contributed by atoms with Crippen molar-refractivity contribution in [1.82, 2.24) is 5.32 Å². The fourth-order valence-corrected chi connectivity index (χ4v) is 2.67. The SMILES string of the molecule is CCC(CCN)CCC(=O)NC1COc2ccccc21. The second kappa shape index (κ2) is 7.29. The van der Waals surface area contributed by atoms with Crippen molar-refractivity contribution in [2.24, 2.45) is 11.7 Å². The Labute approximate surface area is 120 Å². The molecule has 0 bridgehead atoms. The number of nitrogens with one attached hydrogen (secondary N) is 1. The third kappa shape index (κ3) is 3.73. The number of amides is 1. The molecule has 0 aromatic heterocycles. The third-order valence-electron chi connectivity index (χ3n) is 3.97. The highest BCUT2D eigenvalue weighted by Crippen LogP contribution is 2.31. The summed E-state index contributed by atoms with van der Waals surface area (Å²) < 4.78 is 5.57. The van der Waals surface area contributed by atoms with Gasteiger partial charge in [0.25, 0.3) is 0 Å². The van der Waals surface area contributed by atoms with E-state index in [0.717, 1.165) is 30.6 Å². The predicted molar refractivity (Wildman–Crippen MR) is 79.5 cm³/mol. The Morgan fingerprint density at radius 2 is 2.25 bits per heavy atom. The number of fused-ring (bicyclic) bond motifs is 1. The Kier molecular flexibility index (Phi) is 5.41. The van der Waals surface area contributed by atoms with Crippen LogP contribution in [0.4, 0.5) is 0 Å². The molecule has 3 N–H and O–H groups in total. The molecule has 20 heavy (non-hydrogen) atoms. The minimum absolute atomic E-state index is 0.00622.